The summed E-state index contributed by atoms with van der Waals surface area (Å²) < 4.78 is 29.2. The van der Waals surface area contributed by atoms with Crippen molar-refractivity contribution in [2.75, 3.05) is 7.11 Å². The fourth-order valence-corrected chi connectivity index (χ4v) is 3.28. The van der Waals surface area contributed by atoms with Gasteiger partial charge in [0.25, 0.3) is 0 Å². The summed E-state index contributed by atoms with van der Waals surface area (Å²) in [5, 5.41) is 2.60. The van der Waals surface area contributed by atoms with Crippen LogP contribution >= 0.6 is 0 Å². The van der Waals surface area contributed by atoms with Gasteiger partial charge in [-0.15, -0.1) is 0 Å². The van der Waals surface area contributed by atoms with Gasteiger partial charge < -0.3 is 13.9 Å². The minimum Gasteiger partial charge on any atom is -0.494 e. The molecule has 0 saturated carbocycles. The van der Waals surface area contributed by atoms with Gasteiger partial charge in [0.15, 0.2) is 11.6 Å². The van der Waals surface area contributed by atoms with E-state index in [2.05, 4.69) is 0 Å². The molecule has 1 aromatic heterocycles. The van der Waals surface area contributed by atoms with Crippen molar-refractivity contribution in [1.82, 2.24) is 0 Å². The van der Waals surface area contributed by atoms with Crippen LogP contribution in [0, 0.1) is 5.82 Å². The molecule has 0 aliphatic carbocycles. The van der Waals surface area contributed by atoms with E-state index in [-0.39, 0.29) is 12.4 Å². The van der Waals surface area contributed by atoms with Crippen molar-refractivity contribution < 1.29 is 23.1 Å². The Bertz CT molecular complexity index is 1340. The first-order valence-electron chi connectivity index (χ1n) is 9.18. The van der Waals surface area contributed by atoms with Crippen LogP contribution in [0.2, 0.25) is 0 Å². The average molecular weight is 404 g/mol. The molecule has 5 nitrogen and oxygen atoms in total. The van der Waals surface area contributed by atoms with Gasteiger partial charge in [-0.2, -0.15) is 0 Å². The number of hydrogen-bond acceptors (Lipinski definition) is 5. The van der Waals surface area contributed by atoms with E-state index in [0.717, 1.165) is 16.2 Å². The maximum atomic E-state index is 13.7. The van der Waals surface area contributed by atoms with E-state index >= 15 is 0 Å². The van der Waals surface area contributed by atoms with E-state index in [9.17, 15) is 14.0 Å². The van der Waals surface area contributed by atoms with Gasteiger partial charge >= 0.3 is 11.6 Å². The van der Waals surface area contributed by atoms with Crippen molar-refractivity contribution >= 4 is 33.8 Å². The molecule has 0 fully saturated rings. The number of esters is 1. The Balaban J connectivity index is 1.57. The second-order valence-electron chi connectivity index (χ2n) is 6.59. The molecule has 30 heavy (non-hydrogen) atoms. The summed E-state index contributed by atoms with van der Waals surface area (Å²) in [6.45, 7) is -0.101. The van der Waals surface area contributed by atoms with Crippen molar-refractivity contribution in [2.24, 2.45) is 0 Å². The highest BCUT2D eigenvalue weighted by atomic mass is 19.1. The lowest BCUT2D eigenvalue weighted by Gasteiger charge is -2.09. The standard InChI is InChI=1S/C24H17FO5/c1-28-20-9-6-15(12-19(20)25)7-11-22(26)29-14-17-13-23(27)30-21-10-8-16-4-2-3-5-18(16)24(17)21/h2-13H,14H2,1H3/b11-7+. The van der Waals surface area contributed by atoms with Crippen LogP contribution in [-0.4, -0.2) is 13.1 Å². The van der Waals surface area contributed by atoms with Crippen LogP contribution < -0.4 is 10.4 Å². The van der Waals surface area contributed by atoms with E-state index in [1.807, 2.05) is 30.3 Å². The van der Waals surface area contributed by atoms with Gasteiger partial charge in [-0.1, -0.05) is 36.4 Å². The summed E-state index contributed by atoms with van der Waals surface area (Å²) in [5.74, 6) is -1.02. The van der Waals surface area contributed by atoms with Crippen molar-refractivity contribution in [2.45, 2.75) is 6.61 Å². The fraction of sp³-hybridized carbons (Fsp3) is 0.0833. The fourth-order valence-electron chi connectivity index (χ4n) is 3.28. The number of benzene rings is 3. The largest absolute Gasteiger partial charge is 0.494 e. The maximum absolute atomic E-state index is 13.7. The van der Waals surface area contributed by atoms with Gasteiger partial charge in [0, 0.05) is 23.1 Å². The topological polar surface area (TPSA) is 65.7 Å². The lowest BCUT2D eigenvalue weighted by Crippen LogP contribution is -2.06. The average Bonchev–Trinajstić information content (AvgIpc) is 2.75. The highest BCUT2D eigenvalue weighted by molar-refractivity contribution is 6.07. The molecule has 0 aliphatic rings. The van der Waals surface area contributed by atoms with Crippen LogP contribution in [0.4, 0.5) is 4.39 Å². The first-order valence-corrected chi connectivity index (χ1v) is 9.18. The van der Waals surface area contributed by atoms with Crippen molar-refractivity contribution in [3.63, 3.8) is 0 Å². The van der Waals surface area contributed by atoms with Gasteiger partial charge in [-0.25, -0.2) is 14.0 Å². The predicted molar refractivity (Wildman–Crippen MR) is 112 cm³/mol. The molecular weight excluding hydrogens is 387 g/mol. The van der Waals surface area contributed by atoms with E-state index < -0.39 is 17.4 Å². The Morgan fingerprint density at radius 3 is 2.73 bits per heavy atom. The smallest absolute Gasteiger partial charge is 0.336 e. The van der Waals surface area contributed by atoms with E-state index in [4.69, 9.17) is 13.9 Å². The van der Waals surface area contributed by atoms with Crippen LogP contribution in [0.25, 0.3) is 27.8 Å². The Kier molecular flexibility index (Phi) is 5.30. The van der Waals surface area contributed by atoms with Crippen LogP contribution in [0.3, 0.4) is 0 Å². The zero-order valence-electron chi connectivity index (χ0n) is 16.1. The normalized spacial score (nSPS) is 11.3. The van der Waals surface area contributed by atoms with Crippen LogP contribution in [0.1, 0.15) is 11.1 Å². The molecule has 3 aromatic carbocycles. The highest BCUT2D eigenvalue weighted by Gasteiger charge is 2.11. The summed E-state index contributed by atoms with van der Waals surface area (Å²) in [4.78, 5) is 24.1. The summed E-state index contributed by atoms with van der Waals surface area (Å²) in [5.41, 5.74) is 0.946. The Hall–Kier alpha value is -3.93. The molecule has 0 atom stereocenters. The molecule has 0 aliphatic heterocycles. The third-order valence-corrected chi connectivity index (χ3v) is 4.67. The monoisotopic (exact) mass is 404 g/mol. The molecule has 6 heteroatoms. The number of carbonyl (C=O) groups excluding carboxylic acids is 1. The van der Waals surface area contributed by atoms with Crippen molar-refractivity contribution in [3.05, 3.63) is 94.1 Å². The first kappa shape index (κ1) is 19.4. The molecule has 150 valence electrons. The summed E-state index contributed by atoms with van der Waals surface area (Å²) in [7, 11) is 1.38. The van der Waals surface area contributed by atoms with Crippen molar-refractivity contribution in [3.8, 4) is 5.75 Å². The molecule has 0 saturated heterocycles. The van der Waals surface area contributed by atoms with E-state index in [1.54, 1.807) is 12.1 Å². The van der Waals surface area contributed by atoms with Gasteiger partial charge in [-0.3, -0.25) is 0 Å². The molecule has 4 rings (SSSR count). The third kappa shape index (κ3) is 3.93. The molecule has 0 radical (unpaired) electrons. The number of methoxy groups -OCH3 is 1. The predicted octanol–water partition coefficient (Wildman–Crippen LogP) is 4.85. The van der Waals surface area contributed by atoms with Crippen LogP contribution in [0.5, 0.6) is 5.75 Å². The Morgan fingerprint density at radius 1 is 1.10 bits per heavy atom. The zero-order chi connectivity index (χ0) is 21.1. The summed E-state index contributed by atoms with van der Waals surface area (Å²) >= 11 is 0. The SMILES string of the molecule is COc1ccc(/C=C/C(=O)OCc2cc(=O)oc3ccc4ccccc4c23)cc1F. The Labute approximate surface area is 171 Å². The minimum absolute atomic E-state index is 0.101. The lowest BCUT2D eigenvalue weighted by atomic mass is 10.0. The molecule has 1 heterocycles. The Morgan fingerprint density at radius 2 is 1.93 bits per heavy atom. The maximum Gasteiger partial charge on any atom is 0.336 e. The second kappa shape index (κ2) is 8.21. The summed E-state index contributed by atoms with van der Waals surface area (Å²) in [6.07, 6.45) is 2.64. The van der Waals surface area contributed by atoms with Crippen molar-refractivity contribution in [1.29, 1.82) is 0 Å². The number of fused-ring (bicyclic) bond motifs is 3. The quantitative estimate of drug-likeness (QED) is 0.206. The second-order valence-corrected chi connectivity index (χ2v) is 6.59. The number of ether oxygens (including phenoxy) is 2. The van der Waals surface area contributed by atoms with Gasteiger partial charge in [-0.05, 0) is 40.6 Å². The molecule has 4 aromatic rings. The van der Waals surface area contributed by atoms with E-state index in [0.29, 0.717) is 16.7 Å². The van der Waals surface area contributed by atoms with Crippen LogP contribution in [-0.2, 0) is 16.1 Å². The lowest BCUT2D eigenvalue weighted by molar-refractivity contribution is -0.138. The molecule has 0 bridgehead atoms. The molecular formula is C24H17FO5. The van der Waals surface area contributed by atoms with E-state index in [1.165, 1.54) is 37.5 Å². The van der Waals surface area contributed by atoms with Crippen LogP contribution in [0.15, 0.2) is 76.0 Å². The highest BCUT2D eigenvalue weighted by Crippen LogP contribution is 2.27. The number of rotatable bonds is 5. The van der Waals surface area contributed by atoms with Gasteiger partial charge in [0.1, 0.15) is 12.2 Å². The van der Waals surface area contributed by atoms with Gasteiger partial charge in [0.2, 0.25) is 0 Å². The zero-order valence-corrected chi connectivity index (χ0v) is 16.1. The molecule has 0 unspecified atom stereocenters. The number of halogens is 1. The summed E-state index contributed by atoms with van der Waals surface area (Å²) in [6, 6.07) is 16.9. The molecule has 0 spiro atoms. The number of hydrogen-bond donors (Lipinski definition) is 0. The third-order valence-electron chi connectivity index (χ3n) is 4.67. The first-order chi connectivity index (χ1) is 14.5. The molecule has 0 N–H and O–H groups in total. The minimum atomic E-state index is -0.618. The van der Waals surface area contributed by atoms with Gasteiger partial charge in [0.05, 0.1) is 7.11 Å². The number of carbonyl (C=O) groups is 1. The molecule has 0 amide bonds.